The van der Waals surface area contributed by atoms with Crippen LogP contribution in [0.4, 0.5) is 5.82 Å². The molecule has 3 aromatic rings. The second-order valence-electron chi connectivity index (χ2n) is 6.11. The number of para-hydroxylation sites is 1. The van der Waals surface area contributed by atoms with Crippen LogP contribution in [-0.4, -0.2) is 20.7 Å². The lowest BCUT2D eigenvalue weighted by molar-refractivity contribution is -0.117. The zero-order valence-electron chi connectivity index (χ0n) is 13.4. The highest BCUT2D eigenvalue weighted by Crippen LogP contribution is 2.30. The lowest BCUT2D eigenvalue weighted by Gasteiger charge is -2.10. The number of benzene rings is 1. The van der Waals surface area contributed by atoms with Gasteiger partial charge in [-0.15, -0.1) is 0 Å². The molecule has 0 unspecified atom stereocenters. The number of hydrogen-bond acceptors (Lipinski definition) is 3. The molecule has 4 rings (SSSR count). The van der Waals surface area contributed by atoms with E-state index in [0.29, 0.717) is 16.7 Å². The number of nitrogens with zero attached hydrogens (tertiary/aromatic N) is 2. The largest absolute Gasteiger partial charge is 0.310 e. The summed E-state index contributed by atoms with van der Waals surface area (Å²) in [5, 5.41) is 6.21. The Hall–Kier alpha value is -2.89. The molecule has 6 nitrogen and oxygen atoms in total. The molecule has 24 heavy (non-hydrogen) atoms. The minimum absolute atomic E-state index is 0.000223. The molecule has 0 saturated heterocycles. The maximum Gasteiger partial charge on any atom is 0.273 e. The molecule has 1 aliphatic rings. The van der Waals surface area contributed by atoms with E-state index in [-0.39, 0.29) is 17.4 Å². The van der Waals surface area contributed by atoms with Crippen molar-refractivity contribution in [3.8, 4) is 5.69 Å². The summed E-state index contributed by atoms with van der Waals surface area (Å²) in [5.74, 6) is 0.582. The van der Waals surface area contributed by atoms with Crippen LogP contribution in [0, 0.1) is 5.92 Å². The summed E-state index contributed by atoms with van der Waals surface area (Å²) < 4.78 is 1.77. The lowest BCUT2D eigenvalue weighted by atomic mass is 10.1. The number of amides is 1. The van der Waals surface area contributed by atoms with Crippen LogP contribution < -0.4 is 10.9 Å². The fourth-order valence-corrected chi connectivity index (χ4v) is 2.89. The Morgan fingerprint density at radius 3 is 2.92 bits per heavy atom. The summed E-state index contributed by atoms with van der Waals surface area (Å²) in [4.78, 5) is 28.4. The Morgan fingerprint density at radius 2 is 2.17 bits per heavy atom. The molecule has 0 radical (unpaired) electrons. The molecule has 2 heterocycles. The topological polar surface area (TPSA) is 79.8 Å². The van der Waals surface area contributed by atoms with Gasteiger partial charge in [-0.25, -0.2) is 4.98 Å². The summed E-state index contributed by atoms with van der Waals surface area (Å²) in [6.07, 6.45) is 4.25. The van der Waals surface area contributed by atoms with Crippen molar-refractivity contribution in [2.45, 2.75) is 26.2 Å². The van der Waals surface area contributed by atoms with Crippen molar-refractivity contribution in [1.29, 1.82) is 0 Å². The third kappa shape index (κ3) is 2.50. The molecule has 1 aromatic carbocycles. The first-order valence-corrected chi connectivity index (χ1v) is 8.17. The molecule has 1 aliphatic carbocycles. The maximum atomic E-state index is 12.2. The van der Waals surface area contributed by atoms with Gasteiger partial charge < -0.3 is 5.32 Å². The molecular formula is C18H18N4O2. The summed E-state index contributed by atoms with van der Waals surface area (Å²) in [6.45, 7) is 2.07. The molecule has 0 spiro atoms. The van der Waals surface area contributed by atoms with Crippen LogP contribution in [0.25, 0.3) is 16.6 Å². The Bertz CT molecular complexity index is 982. The predicted molar refractivity (Wildman–Crippen MR) is 92.4 cm³/mol. The van der Waals surface area contributed by atoms with Crippen molar-refractivity contribution < 1.29 is 4.79 Å². The highest BCUT2D eigenvalue weighted by atomic mass is 16.2. The van der Waals surface area contributed by atoms with Gasteiger partial charge in [0.2, 0.25) is 5.91 Å². The number of rotatable bonds is 4. The van der Waals surface area contributed by atoms with Crippen LogP contribution in [0.3, 0.4) is 0 Å². The minimum Gasteiger partial charge on any atom is -0.310 e. The molecule has 1 amide bonds. The number of nitrogens with one attached hydrogen (secondary N) is 2. The molecule has 6 heteroatoms. The van der Waals surface area contributed by atoms with Crippen LogP contribution in [-0.2, 0) is 11.2 Å². The molecule has 122 valence electrons. The summed E-state index contributed by atoms with van der Waals surface area (Å²) in [7, 11) is 0. The smallest absolute Gasteiger partial charge is 0.273 e. The van der Waals surface area contributed by atoms with Crippen molar-refractivity contribution >= 4 is 22.6 Å². The van der Waals surface area contributed by atoms with Gasteiger partial charge in [0.15, 0.2) is 0 Å². The number of aryl methyl sites for hydroxylation is 1. The second-order valence-corrected chi connectivity index (χ2v) is 6.11. The molecule has 1 saturated carbocycles. The highest BCUT2D eigenvalue weighted by molar-refractivity contribution is 5.94. The van der Waals surface area contributed by atoms with Crippen LogP contribution in [0.1, 0.15) is 25.3 Å². The number of carbonyl (C=O) groups excluding carboxylic acids is 1. The molecular weight excluding hydrogens is 304 g/mol. The van der Waals surface area contributed by atoms with E-state index in [1.807, 2.05) is 24.3 Å². The van der Waals surface area contributed by atoms with Gasteiger partial charge in [0, 0.05) is 18.2 Å². The number of anilines is 1. The number of hydrogen-bond donors (Lipinski definition) is 2. The Morgan fingerprint density at radius 1 is 1.38 bits per heavy atom. The van der Waals surface area contributed by atoms with Gasteiger partial charge in [-0.2, -0.15) is 0 Å². The number of pyridine rings is 1. The fourth-order valence-electron chi connectivity index (χ4n) is 2.89. The van der Waals surface area contributed by atoms with Crippen LogP contribution in [0.15, 0.2) is 41.3 Å². The average molecular weight is 322 g/mol. The zero-order chi connectivity index (χ0) is 16.7. The normalized spacial score (nSPS) is 14.0. The van der Waals surface area contributed by atoms with E-state index < -0.39 is 0 Å². The summed E-state index contributed by atoms with van der Waals surface area (Å²) in [6, 6.07) is 9.68. The van der Waals surface area contributed by atoms with Gasteiger partial charge in [0.25, 0.3) is 5.56 Å². The van der Waals surface area contributed by atoms with Gasteiger partial charge in [-0.1, -0.05) is 25.1 Å². The van der Waals surface area contributed by atoms with E-state index in [2.05, 4.69) is 22.3 Å². The quantitative estimate of drug-likeness (QED) is 0.775. The van der Waals surface area contributed by atoms with E-state index in [1.54, 1.807) is 10.7 Å². The second kappa shape index (κ2) is 5.63. The van der Waals surface area contributed by atoms with Crippen LogP contribution in [0.2, 0.25) is 0 Å². The minimum atomic E-state index is -0.191. The van der Waals surface area contributed by atoms with Gasteiger partial charge in [-0.3, -0.25) is 19.4 Å². The molecule has 2 aromatic heterocycles. The Kier molecular flexibility index (Phi) is 3.45. The van der Waals surface area contributed by atoms with Crippen LogP contribution in [0.5, 0.6) is 0 Å². The third-order valence-corrected chi connectivity index (χ3v) is 4.39. The zero-order valence-corrected chi connectivity index (χ0v) is 13.4. The number of aromatic amines is 1. The van der Waals surface area contributed by atoms with E-state index in [9.17, 15) is 9.59 Å². The third-order valence-electron chi connectivity index (χ3n) is 4.39. The number of H-pyrrole nitrogens is 1. The molecule has 2 N–H and O–H groups in total. The number of fused-ring (bicyclic) bond motifs is 1. The summed E-state index contributed by atoms with van der Waals surface area (Å²) in [5.41, 5.74) is 2.58. The number of aromatic nitrogens is 3. The Labute approximate surface area is 138 Å². The van der Waals surface area contributed by atoms with Gasteiger partial charge >= 0.3 is 0 Å². The average Bonchev–Trinajstić information content (AvgIpc) is 3.40. The fraction of sp³-hybridized carbons (Fsp3) is 0.278. The first-order valence-electron chi connectivity index (χ1n) is 8.17. The number of carbonyl (C=O) groups is 1. The van der Waals surface area contributed by atoms with Crippen molar-refractivity contribution in [2.75, 3.05) is 5.32 Å². The van der Waals surface area contributed by atoms with E-state index >= 15 is 0 Å². The molecule has 0 atom stereocenters. The Balaban J connectivity index is 1.83. The first kappa shape index (κ1) is 14.7. The molecule has 1 fully saturated rings. The first-order chi connectivity index (χ1) is 11.7. The molecule has 0 aliphatic heterocycles. The van der Waals surface area contributed by atoms with Crippen molar-refractivity contribution in [3.05, 3.63) is 52.4 Å². The SMILES string of the molecule is CCc1ccccc1-n1[nH]c(=O)c2cnc(NC(=O)C3CC3)cc21. The maximum absolute atomic E-state index is 12.2. The van der Waals surface area contributed by atoms with Gasteiger partial charge in [0.05, 0.1) is 16.6 Å². The van der Waals surface area contributed by atoms with E-state index in [4.69, 9.17) is 0 Å². The van der Waals surface area contributed by atoms with Gasteiger partial charge in [0.1, 0.15) is 5.82 Å². The monoisotopic (exact) mass is 322 g/mol. The van der Waals surface area contributed by atoms with Crippen molar-refractivity contribution in [3.63, 3.8) is 0 Å². The van der Waals surface area contributed by atoms with E-state index in [1.165, 1.54) is 6.20 Å². The lowest BCUT2D eigenvalue weighted by Crippen LogP contribution is -2.14. The standard InChI is InChI=1S/C18H18N4O2/c1-2-11-5-3-4-6-14(11)22-15-9-16(20-17(23)12-7-8-12)19-10-13(15)18(24)21-22/h3-6,9-10,12H,2,7-8H2,1H3,(H,21,24)(H,19,20,23). The summed E-state index contributed by atoms with van der Waals surface area (Å²) >= 11 is 0. The van der Waals surface area contributed by atoms with E-state index in [0.717, 1.165) is 30.5 Å². The molecule has 0 bridgehead atoms. The predicted octanol–water partition coefficient (Wildman–Crippen LogP) is 2.62. The van der Waals surface area contributed by atoms with Gasteiger partial charge in [-0.05, 0) is 30.9 Å². The van der Waals surface area contributed by atoms with Crippen molar-refractivity contribution in [1.82, 2.24) is 14.8 Å². The van der Waals surface area contributed by atoms with Crippen LogP contribution >= 0.6 is 0 Å². The highest BCUT2D eigenvalue weighted by Gasteiger charge is 2.29. The van der Waals surface area contributed by atoms with Crippen molar-refractivity contribution in [2.24, 2.45) is 5.92 Å².